The lowest BCUT2D eigenvalue weighted by Gasteiger charge is -2.12. The zero-order valence-corrected chi connectivity index (χ0v) is 10.1. The van der Waals surface area contributed by atoms with E-state index in [4.69, 9.17) is 18.0 Å². The summed E-state index contributed by atoms with van der Waals surface area (Å²) in [5, 5.41) is 6.07. The number of nitrogens with one attached hydrogen (secondary N) is 1. The highest BCUT2D eigenvalue weighted by atomic mass is 32.1. The monoisotopic (exact) mass is 274 g/mol. The molecule has 2 rings (SSSR count). The minimum atomic E-state index is -4.42. The van der Waals surface area contributed by atoms with Crippen LogP contribution in [0.3, 0.4) is 0 Å². The van der Waals surface area contributed by atoms with Crippen molar-refractivity contribution in [3.8, 4) is 5.69 Å². The Morgan fingerprint density at radius 1 is 1.39 bits per heavy atom. The van der Waals surface area contributed by atoms with Crippen LogP contribution in [0.2, 0.25) is 0 Å². The Labute approximate surface area is 105 Å². The summed E-state index contributed by atoms with van der Waals surface area (Å²) in [7, 11) is 0. The molecule has 96 valence electrons. The van der Waals surface area contributed by atoms with Crippen molar-refractivity contribution >= 4 is 18.2 Å². The Morgan fingerprint density at radius 3 is 2.56 bits per heavy atom. The average Bonchev–Trinajstić information content (AvgIpc) is 2.58. The molecule has 18 heavy (non-hydrogen) atoms. The number of aryl methyl sites for hydroxylation is 1. The highest BCUT2D eigenvalue weighted by Gasteiger charge is 2.32. The van der Waals surface area contributed by atoms with Crippen LogP contribution in [-0.4, -0.2) is 14.8 Å². The maximum Gasteiger partial charge on any atom is 0.416 e. The van der Waals surface area contributed by atoms with Gasteiger partial charge in [0.25, 0.3) is 0 Å². The van der Waals surface area contributed by atoms with Gasteiger partial charge in [0, 0.05) is 0 Å². The van der Waals surface area contributed by atoms with E-state index >= 15 is 0 Å². The number of rotatable bonds is 1. The first-order valence-electron chi connectivity index (χ1n) is 4.92. The summed E-state index contributed by atoms with van der Waals surface area (Å²) in [4.78, 5) is 0. The van der Waals surface area contributed by atoms with Gasteiger partial charge in [0.2, 0.25) is 10.7 Å². The fourth-order valence-electron chi connectivity index (χ4n) is 1.61. The molecule has 2 aromatic rings. The van der Waals surface area contributed by atoms with Crippen molar-refractivity contribution in [1.29, 1.82) is 0 Å². The van der Waals surface area contributed by atoms with Crippen LogP contribution in [0, 0.1) is 11.7 Å². The second-order valence-corrected chi connectivity index (χ2v) is 4.11. The van der Waals surface area contributed by atoms with Crippen molar-refractivity contribution in [3.63, 3.8) is 0 Å². The van der Waals surface area contributed by atoms with Crippen LogP contribution in [0.5, 0.6) is 0 Å². The van der Waals surface area contributed by atoms with Crippen LogP contribution >= 0.6 is 12.2 Å². The first-order chi connectivity index (χ1) is 8.30. The number of H-pyrrole nitrogens is 1. The van der Waals surface area contributed by atoms with Crippen LogP contribution in [0.25, 0.3) is 5.69 Å². The SMILES string of the molecule is Cc1ccc(-n2c(N)n[nH]c2=S)cc1C(F)(F)F. The lowest BCUT2D eigenvalue weighted by atomic mass is 10.1. The zero-order valence-electron chi connectivity index (χ0n) is 9.25. The maximum atomic E-state index is 12.8. The van der Waals surface area contributed by atoms with Crippen LogP contribution in [-0.2, 0) is 6.18 Å². The zero-order chi connectivity index (χ0) is 13.5. The summed E-state index contributed by atoms with van der Waals surface area (Å²) >= 11 is 4.91. The Balaban J connectivity index is 2.65. The Morgan fingerprint density at radius 2 is 2.06 bits per heavy atom. The van der Waals surface area contributed by atoms with E-state index in [1.54, 1.807) is 0 Å². The van der Waals surface area contributed by atoms with Crippen molar-refractivity contribution in [2.24, 2.45) is 0 Å². The van der Waals surface area contributed by atoms with E-state index < -0.39 is 11.7 Å². The largest absolute Gasteiger partial charge is 0.416 e. The summed E-state index contributed by atoms with van der Waals surface area (Å²) in [6.45, 7) is 1.39. The number of nitrogen functional groups attached to an aromatic ring is 1. The number of aromatic nitrogens is 3. The van der Waals surface area contributed by atoms with Gasteiger partial charge in [-0.3, -0.25) is 4.57 Å². The molecule has 4 nitrogen and oxygen atoms in total. The van der Waals surface area contributed by atoms with E-state index in [-0.39, 0.29) is 22.0 Å². The standard InChI is InChI=1S/C10H9F3N4S/c1-5-2-3-6(4-7(5)10(11,12)13)17-8(14)15-16-9(17)18/h2-4H,1H3,(H2,14,15)(H,16,18). The van der Waals surface area contributed by atoms with Crippen molar-refractivity contribution in [1.82, 2.24) is 14.8 Å². The van der Waals surface area contributed by atoms with Gasteiger partial charge in [0.05, 0.1) is 11.3 Å². The molecule has 8 heteroatoms. The Bertz CT molecular complexity index is 641. The molecule has 1 heterocycles. The minimum absolute atomic E-state index is 0.0111. The van der Waals surface area contributed by atoms with E-state index in [0.29, 0.717) is 0 Å². The second kappa shape index (κ2) is 4.13. The molecule has 0 aliphatic rings. The van der Waals surface area contributed by atoms with Gasteiger partial charge in [-0.2, -0.15) is 13.2 Å². The van der Waals surface area contributed by atoms with Gasteiger partial charge in [-0.25, -0.2) is 5.10 Å². The molecule has 0 saturated carbocycles. The summed E-state index contributed by atoms with van der Waals surface area (Å²) in [6, 6.07) is 3.87. The molecule has 0 amide bonds. The van der Waals surface area contributed by atoms with Crippen LogP contribution < -0.4 is 5.73 Å². The maximum absolute atomic E-state index is 12.8. The van der Waals surface area contributed by atoms with Crippen molar-refractivity contribution in [2.75, 3.05) is 5.73 Å². The van der Waals surface area contributed by atoms with Gasteiger partial charge in [0.1, 0.15) is 0 Å². The molecule has 0 aliphatic heterocycles. The number of aromatic amines is 1. The second-order valence-electron chi connectivity index (χ2n) is 3.72. The molecule has 0 unspecified atom stereocenters. The molecule has 3 N–H and O–H groups in total. The molecule has 0 bridgehead atoms. The first kappa shape index (κ1) is 12.6. The number of nitrogens with two attached hydrogens (primary N) is 1. The third-order valence-corrected chi connectivity index (χ3v) is 2.76. The number of anilines is 1. The lowest BCUT2D eigenvalue weighted by Crippen LogP contribution is -2.09. The van der Waals surface area contributed by atoms with Gasteiger partial charge >= 0.3 is 6.18 Å². The lowest BCUT2D eigenvalue weighted by molar-refractivity contribution is -0.138. The van der Waals surface area contributed by atoms with E-state index in [0.717, 1.165) is 6.07 Å². The minimum Gasteiger partial charge on any atom is -0.368 e. The molecule has 0 radical (unpaired) electrons. The number of benzene rings is 1. The number of hydrogen-bond donors (Lipinski definition) is 2. The van der Waals surface area contributed by atoms with Gasteiger partial charge in [-0.05, 0) is 36.8 Å². The molecular weight excluding hydrogens is 265 g/mol. The number of hydrogen-bond acceptors (Lipinski definition) is 3. The summed E-state index contributed by atoms with van der Waals surface area (Å²) < 4.78 is 39.7. The summed E-state index contributed by atoms with van der Waals surface area (Å²) in [5.74, 6) is 0.0111. The summed E-state index contributed by atoms with van der Waals surface area (Å²) in [5.41, 5.74) is 5.19. The molecule has 1 aromatic heterocycles. The fourth-order valence-corrected chi connectivity index (χ4v) is 1.86. The van der Waals surface area contributed by atoms with Crippen molar-refractivity contribution in [3.05, 3.63) is 34.1 Å². The Kier molecular flexibility index (Phi) is 2.89. The van der Waals surface area contributed by atoms with Crippen molar-refractivity contribution in [2.45, 2.75) is 13.1 Å². The number of halogens is 3. The summed E-state index contributed by atoms with van der Waals surface area (Å²) in [6.07, 6.45) is -4.42. The third-order valence-electron chi connectivity index (χ3n) is 2.48. The quantitative estimate of drug-likeness (QED) is 0.786. The highest BCUT2D eigenvalue weighted by molar-refractivity contribution is 7.71. The molecule has 1 aromatic carbocycles. The molecular formula is C10H9F3N4S. The van der Waals surface area contributed by atoms with E-state index in [1.165, 1.54) is 23.6 Å². The van der Waals surface area contributed by atoms with Gasteiger partial charge in [-0.1, -0.05) is 6.07 Å². The number of alkyl halides is 3. The van der Waals surface area contributed by atoms with E-state index in [9.17, 15) is 13.2 Å². The molecule has 0 saturated heterocycles. The van der Waals surface area contributed by atoms with E-state index in [2.05, 4.69) is 10.2 Å². The predicted octanol–water partition coefficient (Wildman–Crippen LogP) is 2.84. The Hall–Kier alpha value is -1.83. The molecule has 0 aliphatic carbocycles. The van der Waals surface area contributed by atoms with Crippen LogP contribution in [0.15, 0.2) is 18.2 Å². The smallest absolute Gasteiger partial charge is 0.368 e. The van der Waals surface area contributed by atoms with Crippen molar-refractivity contribution < 1.29 is 13.2 Å². The van der Waals surface area contributed by atoms with Gasteiger partial charge in [-0.15, -0.1) is 5.10 Å². The predicted molar refractivity (Wildman–Crippen MR) is 62.9 cm³/mol. The number of nitrogens with zero attached hydrogens (tertiary/aromatic N) is 2. The molecule has 0 fully saturated rings. The fraction of sp³-hybridized carbons (Fsp3) is 0.200. The van der Waals surface area contributed by atoms with Crippen LogP contribution in [0.4, 0.5) is 19.1 Å². The first-order valence-corrected chi connectivity index (χ1v) is 5.32. The normalized spacial score (nSPS) is 11.8. The van der Waals surface area contributed by atoms with Crippen LogP contribution in [0.1, 0.15) is 11.1 Å². The van der Waals surface area contributed by atoms with Gasteiger partial charge < -0.3 is 5.73 Å². The highest BCUT2D eigenvalue weighted by Crippen LogP contribution is 2.33. The third kappa shape index (κ3) is 2.10. The van der Waals surface area contributed by atoms with E-state index in [1.807, 2.05) is 0 Å². The topological polar surface area (TPSA) is 59.6 Å². The van der Waals surface area contributed by atoms with Gasteiger partial charge in [0.15, 0.2) is 0 Å². The average molecular weight is 274 g/mol. The molecule has 0 spiro atoms. The molecule has 0 atom stereocenters.